The van der Waals surface area contributed by atoms with E-state index in [1.165, 1.54) is 6.08 Å². The van der Waals surface area contributed by atoms with Crippen molar-refractivity contribution < 1.29 is 19.1 Å². The molecule has 0 aliphatic carbocycles. The summed E-state index contributed by atoms with van der Waals surface area (Å²) in [4.78, 5) is 25.3. The molecule has 1 N–H and O–H groups in total. The number of hydrogen-bond acceptors (Lipinski definition) is 4. The summed E-state index contributed by atoms with van der Waals surface area (Å²) in [6, 6.07) is 7.13. The third-order valence-electron chi connectivity index (χ3n) is 3.57. The average Bonchev–Trinajstić information content (AvgIpc) is 2.53. The lowest BCUT2D eigenvalue weighted by Crippen LogP contribution is -2.49. The second kappa shape index (κ2) is 8.49. The quantitative estimate of drug-likeness (QED) is 0.680. The highest BCUT2D eigenvalue weighted by atomic mass is 16.5. The molecule has 1 aromatic rings. The van der Waals surface area contributed by atoms with Crippen LogP contribution < -0.4 is 5.32 Å². The van der Waals surface area contributed by atoms with Gasteiger partial charge < -0.3 is 19.7 Å². The first-order chi connectivity index (χ1) is 11.5. The van der Waals surface area contributed by atoms with Crippen LogP contribution in [-0.4, -0.2) is 48.8 Å². The molecule has 1 saturated heterocycles. The molecule has 1 heterocycles. The highest BCUT2D eigenvalue weighted by Gasteiger charge is 2.25. The van der Waals surface area contributed by atoms with Crippen LogP contribution in [0.3, 0.4) is 0 Å². The minimum atomic E-state index is -0.370. The van der Waals surface area contributed by atoms with Gasteiger partial charge in [0, 0.05) is 24.9 Å². The number of carbonyl (C=O) groups is 2. The van der Waals surface area contributed by atoms with Gasteiger partial charge in [-0.2, -0.15) is 0 Å². The van der Waals surface area contributed by atoms with Crippen molar-refractivity contribution in [2.24, 2.45) is 0 Å². The summed E-state index contributed by atoms with van der Waals surface area (Å²) in [7, 11) is 0. The molecule has 1 aliphatic heterocycles. The molecule has 1 fully saturated rings. The molecule has 0 aromatic heterocycles. The highest BCUT2D eigenvalue weighted by Crippen LogP contribution is 2.15. The van der Waals surface area contributed by atoms with E-state index >= 15 is 0 Å². The van der Waals surface area contributed by atoms with Gasteiger partial charge in [0.1, 0.15) is 0 Å². The molecule has 24 heavy (non-hydrogen) atoms. The molecule has 1 aliphatic rings. The second-order valence-electron chi connectivity index (χ2n) is 5.80. The number of anilines is 1. The zero-order chi connectivity index (χ0) is 17.5. The van der Waals surface area contributed by atoms with E-state index in [1.807, 2.05) is 26.0 Å². The van der Waals surface area contributed by atoms with Crippen molar-refractivity contribution in [1.29, 1.82) is 0 Å². The molecule has 2 amide bonds. The number of esters is 1. The van der Waals surface area contributed by atoms with Gasteiger partial charge in [0.25, 0.3) is 0 Å². The van der Waals surface area contributed by atoms with E-state index in [-0.39, 0.29) is 24.2 Å². The summed E-state index contributed by atoms with van der Waals surface area (Å²) in [5.74, 6) is -0.370. The van der Waals surface area contributed by atoms with Gasteiger partial charge in [-0.1, -0.05) is 12.1 Å². The fourth-order valence-electron chi connectivity index (χ4n) is 2.58. The third-order valence-corrected chi connectivity index (χ3v) is 3.57. The number of ether oxygens (including phenoxy) is 2. The maximum atomic E-state index is 12.3. The largest absolute Gasteiger partial charge is 0.463 e. The molecule has 0 spiro atoms. The van der Waals surface area contributed by atoms with E-state index < -0.39 is 0 Å². The van der Waals surface area contributed by atoms with Crippen molar-refractivity contribution >= 4 is 23.8 Å². The van der Waals surface area contributed by atoms with Gasteiger partial charge in [0.05, 0.1) is 18.8 Å². The highest BCUT2D eigenvalue weighted by molar-refractivity contribution is 5.90. The summed E-state index contributed by atoms with van der Waals surface area (Å²) in [5, 5.41) is 2.88. The molecule has 6 heteroatoms. The van der Waals surface area contributed by atoms with Gasteiger partial charge in [-0.05, 0) is 44.5 Å². The number of amides is 2. The van der Waals surface area contributed by atoms with E-state index in [0.29, 0.717) is 25.4 Å². The predicted molar refractivity (Wildman–Crippen MR) is 92.7 cm³/mol. The predicted octanol–water partition coefficient (Wildman–Crippen LogP) is 2.90. The lowest BCUT2D eigenvalue weighted by atomic mass is 10.2. The first-order valence-electron chi connectivity index (χ1n) is 8.14. The molecular weight excluding hydrogens is 308 g/mol. The molecular formula is C18H24N2O4. The molecule has 0 saturated carbocycles. The van der Waals surface area contributed by atoms with E-state index in [4.69, 9.17) is 9.47 Å². The third kappa shape index (κ3) is 5.38. The minimum absolute atomic E-state index is 0.0369. The number of nitrogens with one attached hydrogen (secondary N) is 1. The summed E-state index contributed by atoms with van der Waals surface area (Å²) in [6.45, 7) is 7.19. The lowest BCUT2D eigenvalue weighted by Gasteiger charge is -2.35. The maximum Gasteiger partial charge on any atom is 0.330 e. The minimum Gasteiger partial charge on any atom is -0.463 e. The Hall–Kier alpha value is -2.34. The van der Waals surface area contributed by atoms with Gasteiger partial charge in [-0.25, -0.2) is 9.59 Å². The molecule has 130 valence electrons. The number of nitrogens with zero attached hydrogens (tertiary/aromatic N) is 1. The van der Waals surface area contributed by atoms with Gasteiger partial charge in [0.2, 0.25) is 0 Å². The smallest absolute Gasteiger partial charge is 0.330 e. The fraction of sp³-hybridized carbons (Fsp3) is 0.444. The Kier molecular flexibility index (Phi) is 6.37. The molecule has 6 nitrogen and oxygen atoms in total. The average molecular weight is 332 g/mol. The Balaban J connectivity index is 1.91. The number of carbonyl (C=O) groups excluding carboxylic acids is 2. The van der Waals surface area contributed by atoms with E-state index in [2.05, 4.69) is 5.32 Å². The van der Waals surface area contributed by atoms with Crippen LogP contribution >= 0.6 is 0 Å². The number of benzene rings is 1. The standard InChI is InChI=1S/C18H24N2O4/c1-4-23-17(21)10-7-15-5-8-16(9-6-15)19-18(22)20-11-13(2)24-14(3)12-20/h5-10,13-14H,4,11-12H2,1-3H3,(H,19,22)/b10-7-/t13-,14+. The van der Waals surface area contributed by atoms with Crippen LogP contribution in [0.25, 0.3) is 6.08 Å². The topological polar surface area (TPSA) is 67.9 Å². The van der Waals surface area contributed by atoms with Gasteiger partial charge in [-0.15, -0.1) is 0 Å². The molecule has 0 bridgehead atoms. The fourth-order valence-corrected chi connectivity index (χ4v) is 2.58. The summed E-state index contributed by atoms with van der Waals surface area (Å²) < 4.78 is 10.5. The van der Waals surface area contributed by atoms with Crippen molar-refractivity contribution in [2.45, 2.75) is 33.0 Å². The van der Waals surface area contributed by atoms with Crippen LogP contribution in [-0.2, 0) is 14.3 Å². The van der Waals surface area contributed by atoms with Crippen LogP contribution in [0, 0.1) is 0 Å². The Labute approximate surface area is 142 Å². The number of hydrogen-bond donors (Lipinski definition) is 1. The molecule has 0 radical (unpaired) electrons. The van der Waals surface area contributed by atoms with Gasteiger partial charge >= 0.3 is 12.0 Å². The van der Waals surface area contributed by atoms with Crippen LogP contribution in [0.4, 0.5) is 10.5 Å². The van der Waals surface area contributed by atoms with Crippen LogP contribution in [0.5, 0.6) is 0 Å². The van der Waals surface area contributed by atoms with Crippen molar-refractivity contribution in [3.8, 4) is 0 Å². The normalized spacial score (nSPS) is 20.9. The van der Waals surface area contributed by atoms with Gasteiger partial charge in [-0.3, -0.25) is 0 Å². The summed E-state index contributed by atoms with van der Waals surface area (Å²) >= 11 is 0. The molecule has 0 unspecified atom stereocenters. The molecule has 1 aromatic carbocycles. The Morgan fingerprint density at radius 1 is 1.25 bits per heavy atom. The number of rotatable bonds is 4. The molecule has 2 atom stereocenters. The zero-order valence-electron chi connectivity index (χ0n) is 14.3. The van der Waals surface area contributed by atoms with Crippen LogP contribution in [0.15, 0.2) is 30.3 Å². The first kappa shape index (κ1) is 18.0. The van der Waals surface area contributed by atoms with Crippen LogP contribution in [0.1, 0.15) is 26.3 Å². The van der Waals surface area contributed by atoms with E-state index in [0.717, 1.165) is 5.56 Å². The number of morpholine rings is 1. The van der Waals surface area contributed by atoms with Crippen molar-refractivity contribution in [2.75, 3.05) is 25.0 Å². The van der Waals surface area contributed by atoms with Crippen molar-refractivity contribution in [3.63, 3.8) is 0 Å². The Bertz CT molecular complexity index is 588. The van der Waals surface area contributed by atoms with Crippen LogP contribution in [0.2, 0.25) is 0 Å². The molecule has 2 rings (SSSR count). The van der Waals surface area contributed by atoms with E-state index in [1.54, 1.807) is 30.0 Å². The zero-order valence-corrected chi connectivity index (χ0v) is 14.3. The van der Waals surface area contributed by atoms with Gasteiger partial charge in [0.15, 0.2) is 0 Å². The Morgan fingerprint density at radius 3 is 2.46 bits per heavy atom. The Morgan fingerprint density at radius 2 is 1.88 bits per heavy atom. The maximum absolute atomic E-state index is 12.3. The monoisotopic (exact) mass is 332 g/mol. The summed E-state index contributed by atoms with van der Waals surface area (Å²) in [6.07, 6.45) is 3.13. The number of urea groups is 1. The first-order valence-corrected chi connectivity index (χ1v) is 8.14. The lowest BCUT2D eigenvalue weighted by molar-refractivity contribution is -0.137. The van der Waals surface area contributed by atoms with Crippen molar-refractivity contribution in [3.05, 3.63) is 35.9 Å². The summed E-state index contributed by atoms with van der Waals surface area (Å²) in [5.41, 5.74) is 1.56. The second-order valence-corrected chi connectivity index (χ2v) is 5.80. The van der Waals surface area contributed by atoms with E-state index in [9.17, 15) is 9.59 Å². The SMILES string of the molecule is CCOC(=O)/C=C\c1ccc(NC(=O)N2C[C@@H](C)O[C@@H](C)C2)cc1. The van der Waals surface area contributed by atoms with Crippen molar-refractivity contribution in [1.82, 2.24) is 4.90 Å².